The number of halogens is 1. The Morgan fingerprint density at radius 3 is 2.50 bits per heavy atom. The van der Waals surface area contributed by atoms with E-state index in [9.17, 15) is 8.42 Å². The number of aromatic nitrogens is 3. The highest BCUT2D eigenvalue weighted by atomic mass is 35.7. The molecule has 1 rings (SSSR count). The van der Waals surface area contributed by atoms with Gasteiger partial charge in [-0.2, -0.15) is 0 Å². The van der Waals surface area contributed by atoms with E-state index in [2.05, 4.69) is 10.2 Å². The van der Waals surface area contributed by atoms with Gasteiger partial charge in [0.15, 0.2) is 5.82 Å². The largest absolute Gasteiger partial charge is 0.383 e. The summed E-state index contributed by atoms with van der Waals surface area (Å²) in [5, 5.41) is 6.92. The van der Waals surface area contributed by atoms with E-state index in [1.807, 2.05) is 0 Å². The van der Waals surface area contributed by atoms with Crippen LogP contribution in [0.4, 0.5) is 0 Å². The molecule has 0 aromatic carbocycles. The van der Waals surface area contributed by atoms with Crippen molar-refractivity contribution in [3.05, 3.63) is 5.82 Å². The Morgan fingerprint density at radius 2 is 2.00 bits per heavy atom. The molecule has 0 saturated heterocycles. The Hall–Kier alpha value is -0.700. The first-order chi connectivity index (χ1) is 7.50. The Bertz CT molecular complexity index is 444. The summed E-state index contributed by atoms with van der Waals surface area (Å²) < 4.78 is 33.5. The lowest BCUT2D eigenvalue weighted by molar-refractivity contribution is 0.161. The maximum Gasteiger partial charge on any atom is 0.296 e. The van der Waals surface area contributed by atoms with Gasteiger partial charge in [0.2, 0.25) is 0 Å². The highest BCUT2D eigenvalue weighted by Gasteiger charge is 2.22. The van der Waals surface area contributed by atoms with Crippen molar-refractivity contribution in [3.8, 4) is 0 Å². The molecule has 0 aliphatic rings. The molecular weight excluding hydrogens is 258 g/mol. The summed E-state index contributed by atoms with van der Waals surface area (Å²) >= 11 is 0. The predicted octanol–water partition coefficient (Wildman–Crippen LogP) is -0.00160. The van der Waals surface area contributed by atoms with Gasteiger partial charge in [0.25, 0.3) is 14.2 Å². The third-order valence-corrected chi connectivity index (χ3v) is 2.96. The number of hydrogen-bond donors (Lipinski definition) is 0. The lowest BCUT2D eigenvalue weighted by Gasteiger charge is -2.07. The van der Waals surface area contributed by atoms with Crippen LogP contribution in [0.5, 0.6) is 0 Å². The van der Waals surface area contributed by atoms with Gasteiger partial charge in [-0.05, 0) is 0 Å². The molecule has 0 bridgehead atoms. The van der Waals surface area contributed by atoms with Gasteiger partial charge >= 0.3 is 0 Å². The Kier molecular flexibility index (Phi) is 4.66. The smallest absolute Gasteiger partial charge is 0.296 e. The normalized spacial score (nSPS) is 11.9. The van der Waals surface area contributed by atoms with Crippen LogP contribution in [0.2, 0.25) is 0 Å². The van der Waals surface area contributed by atoms with E-state index in [4.69, 9.17) is 20.2 Å². The zero-order valence-corrected chi connectivity index (χ0v) is 10.5. The van der Waals surface area contributed by atoms with Gasteiger partial charge in [0, 0.05) is 24.9 Å². The van der Waals surface area contributed by atoms with Gasteiger partial charge in [-0.25, -0.2) is 8.42 Å². The molecule has 1 aromatic heterocycles. The van der Waals surface area contributed by atoms with Gasteiger partial charge in [-0.3, -0.25) is 4.57 Å². The fourth-order valence-corrected chi connectivity index (χ4v) is 2.08. The molecule has 16 heavy (non-hydrogen) atoms. The number of nitrogens with zero attached hydrogens (tertiary/aromatic N) is 3. The van der Waals surface area contributed by atoms with Crippen LogP contribution in [0, 0.1) is 0 Å². The number of hydrogen-bond acceptors (Lipinski definition) is 6. The molecule has 0 aliphatic heterocycles. The molecule has 0 spiro atoms. The van der Waals surface area contributed by atoms with Crippen molar-refractivity contribution in [1.29, 1.82) is 0 Å². The van der Waals surface area contributed by atoms with Crippen LogP contribution in [-0.2, 0) is 31.7 Å². The molecule has 92 valence electrons. The van der Waals surface area contributed by atoms with Crippen molar-refractivity contribution in [2.24, 2.45) is 0 Å². The summed E-state index contributed by atoms with van der Waals surface area (Å²) in [4.78, 5) is 0. The monoisotopic (exact) mass is 269 g/mol. The van der Waals surface area contributed by atoms with Crippen molar-refractivity contribution in [2.45, 2.75) is 18.3 Å². The lowest BCUT2D eigenvalue weighted by Crippen LogP contribution is -2.13. The lowest BCUT2D eigenvalue weighted by atomic mass is 10.6. The van der Waals surface area contributed by atoms with Gasteiger partial charge in [0.1, 0.15) is 6.61 Å². The molecule has 0 atom stereocenters. The van der Waals surface area contributed by atoms with Gasteiger partial charge < -0.3 is 9.47 Å². The van der Waals surface area contributed by atoms with Gasteiger partial charge in [0.05, 0.1) is 13.2 Å². The quantitative estimate of drug-likeness (QED) is 0.676. The third kappa shape index (κ3) is 3.14. The molecule has 9 heteroatoms. The van der Waals surface area contributed by atoms with Crippen molar-refractivity contribution < 1.29 is 17.9 Å². The van der Waals surface area contributed by atoms with E-state index < -0.39 is 9.05 Å². The van der Waals surface area contributed by atoms with Crippen molar-refractivity contribution >= 4 is 19.7 Å². The molecule has 0 saturated carbocycles. The summed E-state index contributed by atoms with van der Waals surface area (Å²) in [6, 6.07) is 0. The second kappa shape index (κ2) is 5.58. The highest BCUT2D eigenvalue weighted by Crippen LogP contribution is 2.14. The maximum atomic E-state index is 11.2. The summed E-state index contributed by atoms with van der Waals surface area (Å²) in [6.07, 6.45) is 0. The van der Waals surface area contributed by atoms with Crippen LogP contribution < -0.4 is 0 Å². The molecule has 0 N–H and O–H groups in total. The first-order valence-electron chi connectivity index (χ1n) is 4.35. The molecule has 1 aromatic rings. The Labute approximate surface area is 97.7 Å². The van der Waals surface area contributed by atoms with E-state index in [0.29, 0.717) is 19.0 Å². The standard InChI is InChI=1S/C7H12ClN3O4S/c1-14-4-3-11-6(5-15-2)9-10-7(11)16(8,12)13/h3-5H2,1-2H3. The Morgan fingerprint density at radius 1 is 1.31 bits per heavy atom. The van der Waals surface area contributed by atoms with Crippen LogP contribution in [0.15, 0.2) is 5.16 Å². The second-order valence-corrected chi connectivity index (χ2v) is 5.37. The van der Waals surface area contributed by atoms with E-state index in [1.54, 1.807) is 0 Å². The average Bonchev–Trinajstić information content (AvgIpc) is 2.58. The molecule has 0 fully saturated rings. The van der Waals surface area contributed by atoms with Crippen LogP contribution in [0.3, 0.4) is 0 Å². The fraction of sp³-hybridized carbons (Fsp3) is 0.714. The summed E-state index contributed by atoms with van der Waals surface area (Å²) in [6.45, 7) is 0.779. The highest BCUT2D eigenvalue weighted by molar-refractivity contribution is 8.13. The zero-order valence-electron chi connectivity index (χ0n) is 8.88. The minimum Gasteiger partial charge on any atom is -0.383 e. The maximum absolute atomic E-state index is 11.2. The van der Waals surface area contributed by atoms with Crippen molar-refractivity contribution in [3.63, 3.8) is 0 Å². The first kappa shape index (κ1) is 13.4. The molecule has 0 aliphatic carbocycles. The second-order valence-electron chi connectivity index (χ2n) is 2.91. The predicted molar refractivity (Wildman–Crippen MR) is 55.6 cm³/mol. The molecule has 0 unspecified atom stereocenters. The van der Waals surface area contributed by atoms with Gasteiger partial charge in [-0.15, -0.1) is 10.2 Å². The minimum absolute atomic E-state index is 0.156. The van der Waals surface area contributed by atoms with E-state index in [-0.39, 0.29) is 11.8 Å². The van der Waals surface area contributed by atoms with Crippen LogP contribution in [-0.4, -0.2) is 44.0 Å². The minimum atomic E-state index is -3.91. The number of methoxy groups -OCH3 is 2. The SMILES string of the molecule is COCCn1c(COC)nnc1S(=O)(=O)Cl. The topological polar surface area (TPSA) is 83.3 Å². The number of rotatable bonds is 6. The molecular formula is C7H12ClN3O4S. The summed E-state index contributed by atoms with van der Waals surface area (Å²) in [7, 11) is 4.30. The molecule has 0 amide bonds. The number of ether oxygens (including phenoxy) is 2. The first-order valence-corrected chi connectivity index (χ1v) is 6.66. The van der Waals surface area contributed by atoms with E-state index in [0.717, 1.165) is 0 Å². The van der Waals surface area contributed by atoms with E-state index >= 15 is 0 Å². The van der Waals surface area contributed by atoms with Gasteiger partial charge in [-0.1, -0.05) is 0 Å². The van der Waals surface area contributed by atoms with Crippen molar-refractivity contribution in [1.82, 2.24) is 14.8 Å². The van der Waals surface area contributed by atoms with E-state index in [1.165, 1.54) is 18.8 Å². The Balaban J connectivity index is 3.09. The molecule has 0 radical (unpaired) electrons. The van der Waals surface area contributed by atoms with Crippen LogP contribution >= 0.6 is 10.7 Å². The fourth-order valence-electron chi connectivity index (χ4n) is 1.14. The average molecular weight is 270 g/mol. The summed E-state index contributed by atoms with van der Waals surface area (Å²) in [5.74, 6) is 0.388. The summed E-state index contributed by atoms with van der Waals surface area (Å²) in [5.41, 5.74) is 0. The van der Waals surface area contributed by atoms with Crippen LogP contribution in [0.25, 0.3) is 0 Å². The van der Waals surface area contributed by atoms with Crippen molar-refractivity contribution in [2.75, 3.05) is 20.8 Å². The third-order valence-electron chi connectivity index (χ3n) is 1.80. The zero-order chi connectivity index (χ0) is 12.2. The molecule has 7 nitrogen and oxygen atoms in total. The molecule has 1 heterocycles. The van der Waals surface area contributed by atoms with Crippen LogP contribution in [0.1, 0.15) is 5.82 Å².